The van der Waals surface area contributed by atoms with Crippen molar-refractivity contribution >= 4 is 17.2 Å². The summed E-state index contributed by atoms with van der Waals surface area (Å²) in [6.07, 6.45) is 0. The minimum absolute atomic E-state index is 0.0321. The molecule has 5 heteroatoms. The molecule has 24 heavy (non-hydrogen) atoms. The summed E-state index contributed by atoms with van der Waals surface area (Å²) >= 11 is 1.11. The number of carbonyl (C=O) groups is 1. The molecule has 0 aliphatic heterocycles. The molecule has 0 bridgehead atoms. The Bertz CT molecular complexity index is 830. The summed E-state index contributed by atoms with van der Waals surface area (Å²) < 4.78 is 1.49. The fraction of sp³-hybridized carbons (Fsp3) is 0.158. The van der Waals surface area contributed by atoms with Gasteiger partial charge in [0.2, 0.25) is 5.91 Å². The Hall–Kier alpha value is -2.66. The van der Waals surface area contributed by atoms with Crippen LogP contribution in [0.4, 0.5) is 0 Å². The third kappa shape index (κ3) is 3.63. The number of carbonyl (C=O) groups excluding carboxylic acids is 1. The van der Waals surface area contributed by atoms with Gasteiger partial charge in [0.25, 0.3) is 0 Å². The van der Waals surface area contributed by atoms with Crippen molar-refractivity contribution in [2.75, 3.05) is 0 Å². The van der Waals surface area contributed by atoms with Crippen molar-refractivity contribution in [3.63, 3.8) is 0 Å². The lowest BCUT2D eigenvalue weighted by Gasteiger charge is -2.20. The Morgan fingerprint density at radius 3 is 2.04 bits per heavy atom. The van der Waals surface area contributed by atoms with Gasteiger partial charge in [-0.1, -0.05) is 72.0 Å². The van der Waals surface area contributed by atoms with Crippen molar-refractivity contribution in [2.45, 2.75) is 19.5 Å². The second-order valence-corrected chi connectivity index (χ2v) is 6.37. The first kappa shape index (κ1) is 16.2. The van der Waals surface area contributed by atoms with E-state index in [0.29, 0.717) is 0 Å². The van der Waals surface area contributed by atoms with E-state index in [1.807, 2.05) is 67.6 Å². The van der Waals surface area contributed by atoms with E-state index in [1.165, 1.54) is 4.57 Å². The summed E-state index contributed by atoms with van der Waals surface area (Å²) in [6, 6.07) is 19.4. The molecule has 1 aromatic heterocycles. The first-order valence-electron chi connectivity index (χ1n) is 7.69. The minimum Gasteiger partial charge on any atom is -0.344 e. The predicted molar refractivity (Wildman–Crippen MR) is 96.2 cm³/mol. The van der Waals surface area contributed by atoms with Gasteiger partial charge in [0.1, 0.15) is 6.54 Å². The number of benzene rings is 2. The highest BCUT2D eigenvalue weighted by Crippen LogP contribution is 2.21. The molecule has 3 rings (SSSR count). The van der Waals surface area contributed by atoms with Crippen LogP contribution in [0.3, 0.4) is 0 Å². The van der Waals surface area contributed by atoms with Gasteiger partial charge < -0.3 is 5.32 Å². The molecule has 3 aromatic rings. The lowest BCUT2D eigenvalue weighted by Crippen LogP contribution is -2.34. The predicted octanol–water partition coefficient (Wildman–Crippen LogP) is 3.12. The van der Waals surface area contributed by atoms with E-state index in [-0.39, 0.29) is 23.4 Å². The van der Waals surface area contributed by atoms with E-state index in [4.69, 9.17) is 0 Å². The average molecular weight is 338 g/mol. The molecule has 0 aliphatic rings. The zero-order valence-electron chi connectivity index (χ0n) is 13.3. The van der Waals surface area contributed by atoms with Gasteiger partial charge in [0, 0.05) is 11.1 Å². The summed E-state index contributed by atoms with van der Waals surface area (Å²) in [5.41, 5.74) is 2.81. The first-order valence-corrected chi connectivity index (χ1v) is 8.57. The van der Waals surface area contributed by atoms with Crippen LogP contribution in [-0.2, 0) is 11.3 Å². The Balaban J connectivity index is 1.85. The van der Waals surface area contributed by atoms with Crippen LogP contribution in [0.25, 0.3) is 0 Å². The van der Waals surface area contributed by atoms with Crippen molar-refractivity contribution in [1.29, 1.82) is 0 Å². The van der Waals surface area contributed by atoms with Crippen molar-refractivity contribution in [3.05, 3.63) is 92.5 Å². The van der Waals surface area contributed by atoms with Crippen molar-refractivity contribution in [2.24, 2.45) is 0 Å². The molecule has 0 saturated heterocycles. The Kier molecular flexibility index (Phi) is 4.91. The van der Waals surface area contributed by atoms with E-state index in [2.05, 4.69) is 5.32 Å². The van der Waals surface area contributed by atoms with Crippen LogP contribution >= 0.6 is 11.3 Å². The highest BCUT2D eigenvalue weighted by Gasteiger charge is 2.17. The van der Waals surface area contributed by atoms with Gasteiger partial charge in [-0.2, -0.15) is 0 Å². The van der Waals surface area contributed by atoms with Gasteiger partial charge in [-0.25, -0.2) is 0 Å². The van der Waals surface area contributed by atoms with E-state index in [9.17, 15) is 9.59 Å². The lowest BCUT2D eigenvalue weighted by molar-refractivity contribution is -0.122. The molecular weight excluding hydrogens is 320 g/mol. The minimum atomic E-state index is -0.241. The van der Waals surface area contributed by atoms with Gasteiger partial charge in [0.15, 0.2) is 0 Å². The second kappa shape index (κ2) is 7.27. The molecule has 0 radical (unpaired) electrons. The number of nitrogens with zero attached hydrogens (tertiary/aromatic N) is 1. The van der Waals surface area contributed by atoms with Crippen LogP contribution in [-0.4, -0.2) is 10.5 Å². The zero-order valence-corrected chi connectivity index (χ0v) is 14.1. The quantitative estimate of drug-likeness (QED) is 0.777. The topological polar surface area (TPSA) is 51.1 Å². The van der Waals surface area contributed by atoms with Crippen LogP contribution in [0, 0.1) is 6.92 Å². The Morgan fingerprint density at radius 1 is 1.04 bits per heavy atom. The number of rotatable bonds is 5. The normalized spacial score (nSPS) is 10.8. The molecule has 0 fully saturated rings. The molecule has 122 valence electrons. The number of aryl methyl sites for hydroxylation is 1. The van der Waals surface area contributed by atoms with Crippen LogP contribution in [0.5, 0.6) is 0 Å². The van der Waals surface area contributed by atoms with Crippen molar-refractivity contribution in [3.8, 4) is 0 Å². The fourth-order valence-corrected chi connectivity index (χ4v) is 3.33. The van der Waals surface area contributed by atoms with E-state index < -0.39 is 0 Å². The third-order valence-electron chi connectivity index (χ3n) is 3.85. The van der Waals surface area contributed by atoms with E-state index in [1.54, 1.807) is 5.38 Å². The SMILES string of the molecule is Cc1csc(=O)n1CC(=O)NC(c1ccccc1)c1ccccc1. The number of hydrogen-bond acceptors (Lipinski definition) is 3. The monoisotopic (exact) mass is 338 g/mol. The highest BCUT2D eigenvalue weighted by molar-refractivity contribution is 7.07. The lowest BCUT2D eigenvalue weighted by atomic mass is 9.99. The van der Waals surface area contributed by atoms with Gasteiger partial charge >= 0.3 is 4.87 Å². The van der Waals surface area contributed by atoms with Gasteiger partial charge in [0.05, 0.1) is 6.04 Å². The van der Waals surface area contributed by atoms with Gasteiger partial charge in [-0.3, -0.25) is 14.2 Å². The summed E-state index contributed by atoms with van der Waals surface area (Å²) in [5, 5.41) is 4.81. The van der Waals surface area contributed by atoms with E-state index in [0.717, 1.165) is 28.2 Å². The van der Waals surface area contributed by atoms with Gasteiger partial charge in [-0.15, -0.1) is 0 Å². The van der Waals surface area contributed by atoms with Crippen LogP contribution in [0.2, 0.25) is 0 Å². The molecule has 0 atom stereocenters. The summed E-state index contributed by atoms with van der Waals surface area (Å²) in [5.74, 6) is -0.184. The maximum atomic E-state index is 12.5. The molecule has 0 spiro atoms. The van der Waals surface area contributed by atoms with Crippen molar-refractivity contribution in [1.82, 2.24) is 9.88 Å². The molecule has 0 saturated carbocycles. The smallest absolute Gasteiger partial charge is 0.307 e. The number of nitrogens with one attached hydrogen (secondary N) is 1. The highest BCUT2D eigenvalue weighted by atomic mass is 32.1. The average Bonchev–Trinajstić information content (AvgIpc) is 2.93. The zero-order chi connectivity index (χ0) is 16.9. The van der Waals surface area contributed by atoms with Crippen LogP contribution in [0.15, 0.2) is 70.8 Å². The molecule has 1 heterocycles. The molecule has 4 nitrogen and oxygen atoms in total. The molecular formula is C19H18N2O2S. The standard InChI is InChI=1S/C19H18N2O2S/c1-14-13-24-19(23)21(14)12-17(22)20-18(15-8-4-2-5-9-15)16-10-6-3-7-11-16/h2-11,13,18H,12H2,1H3,(H,20,22). The van der Waals surface area contributed by atoms with Crippen molar-refractivity contribution < 1.29 is 4.79 Å². The number of hydrogen-bond donors (Lipinski definition) is 1. The Labute approximate surface area is 144 Å². The molecule has 1 amide bonds. The Morgan fingerprint density at radius 2 is 1.58 bits per heavy atom. The fourth-order valence-electron chi connectivity index (χ4n) is 2.60. The van der Waals surface area contributed by atoms with Crippen LogP contribution in [0.1, 0.15) is 22.9 Å². The maximum absolute atomic E-state index is 12.5. The molecule has 1 N–H and O–H groups in total. The number of aromatic nitrogens is 1. The molecule has 0 unspecified atom stereocenters. The largest absolute Gasteiger partial charge is 0.344 e. The van der Waals surface area contributed by atoms with E-state index >= 15 is 0 Å². The molecule has 2 aromatic carbocycles. The first-order chi connectivity index (χ1) is 11.6. The summed E-state index contributed by atoms with van der Waals surface area (Å²) in [7, 11) is 0. The third-order valence-corrected chi connectivity index (χ3v) is 4.73. The number of amides is 1. The van der Waals surface area contributed by atoms with Gasteiger partial charge in [-0.05, 0) is 18.1 Å². The van der Waals surface area contributed by atoms with Crippen LogP contribution < -0.4 is 10.2 Å². The maximum Gasteiger partial charge on any atom is 0.307 e. The second-order valence-electron chi connectivity index (χ2n) is 5.55. The molecule has 0 aliphatic carbocycles. The number of thiazole rings is 1. The summed E-state index contributed by atoms with van der Waals surface area (Å²) in [4.78, 5) is 24.2. The summed E-state index contributed by atoms with van der Waals surface area (Å²) in [6.45, 7) is 1.86.